The molecule has 152 valence electrons. The second-order valence-corrected chi connectivity index (χ2v) is 7.26. The molecule has 2 heterocycles. The number of nitrogens with zero attached hydrogens (tertiary/aromatic N) is 3. The molecule has 3 aromatic rings. The molecule has 0 bridgehead atoms. The average molecular weight is 402 g/mol. The van der Waals surface area contributed by atoms with Crippen LogP contribution in [0.1, 0.15) is 22.8 Å². The second kappa shape index (κ2) is 7.87. The lowest BCUT2D eigenvalue weighted by Gasteiger charge is -2.40. The number of amides is 1. The molecule has 1 amide bonds. The van der Waals surface area contributed by atoms with Gasteiger partial charge >= 0.3 is 5.97 Å². The zero-order valence-electron chi connectivity index (χ0n) is 16.7. The number of benzene rings is 2. The summed E-state index contributed by atoms with van der Waals surface area (Å²) >= 11 is 0. The molecule has 0 spiro atoms. The molecule has 7 nitrogen and oxygen atoms in total. The van der Waals surface area contributed by atoms with E-state index in [1.165, 1.54) is 6.07 Å². The first-order valence-electron chi connectivity index (χ1n) is 9.62. The molecule has 4 rings (SSSR count). The Morgan fingerprint density at radius 3 is 2.60 bits per heavy atom. The van der Waals surface area contributed by atoms with Crippen LogP contribution in [0.4, 0.5) is 22.9 Å². The minimum Gasteiger partial charge on any atom is -0.478 e. The van der Waals surface area contributed by atoms with Crippen molar-refractivity contribution in [3.05, 3.63) is 78.0 Å². The highest BCUT2D eigenvalue weighted by molar-refractivity contribution is 6.05. The van der Waals surface area contributed by atoms with Gasteiger partial charge in [0, 0.05) is 25.3 Å². The van der Waals surface area contributed by atoms with Gasteiger partial charge in [0.25, 0.3) is 0 Å². The lowest BCUT2D eigenvalue weighted by molar-refractivity contribution is -0.119. The Labute approximate surface area is 174 Å². The van der Waals surface area contributed by atoms with Crippen LogP contribution >= 0.6 is 0 Å². The summed E-state index contributed by atoms with van der Waals surface area (Å²) in [6, 6.07) is 18.1. The molecule has 1 aromatic heterocycles. The molecule has 7 heteroatoms. The van der Waals surface area contributed by atoms with Crippen LogP contribution in [0, 0.1) is 0 Å². The van der Waals surface area contributed by atoms with Gasteiger partial charge in [0.05, 0.1) is 23.1 Å². The van der Waals surface area contributed by atoms with Gasteiger partial charge in [-0.25, -0.2) is 9.78 Å². The van der Waals surface area contributed by atoms with Crippen LogP contribution in [0.3, 0.4) is 0 Å². The number of aromatic carboxylic acids is 1. The zero-order chi connectivity index (χ0) is 21.3. The van der Waals surface area contributed by atoms with E-state index in [1.54, 1.807) is 36.3 Å². The van der Waals surface area contributed by atoms with Crippen LogP contribution in [0.25, 0.3) is 0 Å². The third-order valence-electron chi connectivity index (χ3n) is 5.27. The summed E-state index contributed by atoms with van der Waals surface area (Å²) in [4.78, 5) is 32.1. The van der Waals surface area contributed by atoms with Crippen molar-refractivity contribution in [3.8, 4) is 0 Å². The fourth-order valence-electron chi connectivity index (χ4n) is 3.62. The number of likely N-dealkylation sites (N-methyl/N-ethyl adjacent to an activating group) is 1. The number of rotatable bonds is 5. The van der Waals surface area contributed by atoms with Crippen LogP contribution < -0.4 is 15.1 Å². The Kier molecular flexibility index (Phi) is 5.10. The Bertz CT molecular complexity index is 1100. The predicted octanol–water partition coefficient (Wildman–Crippen LogP) is 3.89. The van der Waals surface area contributed by atoms with Crippen LogP contribution in [0.5, 0.6) is 0 Å². The van der Waals surface area contributed by atoms with Gasteiger partial charge in [-0.15, -0.1) is 0 Å². The van der Waals surface area contributed by atoms with Gasteiger partial charge in [0.2, 0.25) is 5.91 Å². The first-order valence-corrected chi connectivity index (χ1v) is 9.62. The number of carboxylic acid groups (broad SMARTS) is 1. The molecule has 0 aliphatic carbocycles. The molecule has 0 saturated carbocycles. The molecule has 0 fully saturated rings. The van der Waals surface area contributed by atoms with Crippen molar-refractivity contribution >= 4 is 34.8 Å². The number of nitrogens with one attached hydrogen (secondary N) is 1. The minimum absolute atomic E-state index is 0.00935. The van der Waals surface area contributed by atoms with Crippen molar-refractivity contribution in [1.29, 1.82) is 0 Å². The fraction of sp³-hybridized carbons (Fsp3) is 0.174. The first-order chi connectivity index (χ1) is 14.4. The summed E-state index contributed by atoms with van der Waals surface area (Å²) in [5.41, 5.74) is 3.56. The van der Waals surface area contributed by atoms with Gasteiger partial charge in [0.1, 0.15) is 11.9 Å². The highest BCUT2D eigenvalue weighted by Gasteiger charge is 2.34. The number of hydrogen-bond acceptors (Lipinski definition) is 5. The van der Waals surface area contributed by atoms with Gasteiger partial charge in [0.15, 0.2) is 0 Å². The van der Waals surface area contributed by atoms with Gasteiger partial charge in [-0.05, 0) is 30.7 Å². The van der Waals surface area contributed by atoms with E-state index in [0.29, 0.717) is 18.1 Å². The van der Waals surface area contributed by atoms with Crippen molar-refractivity contribution in [3.63, 3.8) is 0 Å². The van der Waals surface area contributed by atoms with Crippen molar-refractivity contribution in [2.45, 2.75) is 19.5 Å². The molecule has 0 radical (unpaired) electrons. The molecule has 2 aromatic carbocycles. The Hall–Kier alpha value is -3.87. The van der Waals surface area contributed by atoms with E-state index < -0.39 is 5.97 Å². The summed E-state index contributed by atoms with van der Waals surface area (Å²) in [6.45, 7) is 2.49. The fourth-order valence-corrected chi connectivity index (χ4v) is 3.62. The maximum atomic E-state index is 12.8. The first kappa shape index (κ1) is 19.4. The smallest absolute Gasteiger partial charge is 0.335 e. The predicted molar refractivity (Wildman–Crippen MR) is 116 cm³/mol. The molecule has 1 aliphatic rings. The Balaban J connectivity index is 1.70. The number of fused-ring (bicyclic) bond motifs is 1. The Morgan fingerprint density at radius 1 is 1.10 bits per heavy atom. The van der Waals surface area contributed by atoms with Crippen LogP contribution in [-0.2, 0) is 11.3 Å². The van der Waals surface area contributed by atoms with E-state index in [0.717, 1.165) is 16.9 Å². The van der Waals surface area contributed by atoms with E-state index >= 15 is 0 Å². The molecule has 1 aliphatic heterocycles. The lowest BCUT2D eigenvalue weighted by Crippen LogP contribution is -2.50. The van der Waals surface area contributed by atoms with Gasteiger partial charge in [-0.2, -0.15) is 0 Å². The molecule has 2 N–H and O–H groups in total. The number of anilines is 4. The topological polar surface area (TPSA) is 85.8 Å². The van der Waals surface area contributed by atoms with Gasteiger partial charge < -0.3 is 20.2 Å². The molecule has 30 heavy (non-hydrogen) atoms. The Morgan fingerprint density at radius 2 is 1.87 bits per heavy atom. The van der Waals surface area contributed by atoms with E-state index in [9.17, 15) is 14.7 Å². The van der Waals surface area contributed by atoms with Crippen molar-refractivity contribution < 1.29 is 14.7 Å². The number of carbonyl (C=O) groups is 2. The number of carbonyl (C=O) groups excluding carboxylic acids is 1. The van der Waals surface area contributed by atoms with E-state index in [4.69, 9.17) is 0 Å². The van der Waals surface area contributed by atoms with Crippen molar-refractivity contribution in [2.24, 2.45) is 0 Å². The van der Waals surface area contributed by atoms with E-state index in [2.05, 4.69) is 15.2 Å². The third-order valence-corrected chi connectivity index (χ3v) is 5.27. The normalized spacial score (nSPS) is 15.7. The molecule has 0 saturated heterocycles. The van der Waals surface area contributed by atoms with Gasteiger partial charge in [-0.3, -0.25) is 4.79 Å². The summed E-state index contributed by atoms with van der Waals surface area (Å²) in [5.74, 6) is -0.403. The second-order valence-electron chi connectivity index (χ2n) is 7.26. The standard InChI is InChI=1S/C23H22N4O3/c1-15-22(28)26(2)20-13-24-21(25-18-10-6-9-17(11-18)23(29)30)12-19(20)27(15)14-16-7-4-3-5-8-16/h3-13,15H,14H2,1-2H3,(H,24,25)(H,29,30). The van der Waals surface area contributed by atoms with Crippen LogP contribution in [0.15, 0.2) is 66.9 Å². The van der Waals surface area contributed by atoms with E-state index in [1.807, 2.05) is 43.3 Å². The highest BCUT2D eigenvalue weighted by Crippen LogP contribution is 2.37. The average Bonchev–Trinajstić information content (AvgIpc) is 2.76. The lowest BCUT2D eigenvalue weighted by atomic mass is 10.1. The maximum Gasteiger partial charge on any atom is 0.335 e. The monoisotopic (exact) mass is 402 g/mol. The van der Waals surface area contributed by atoms with Gasteiger partial charge in [-0.1, -0.05) is 36.4 Å². The summed E-state index contributed by atoms with van der Waals surface area (Å²) in [6.07, 6.45) is 1.67. The largest absolute Gasteiger partial charge is 0.478 e. The number of pyridine rings is 1. The summed E-state index contributed by atoms with van der Waals surface area (Å²) in [5, 5.41) is 12.4. The highest BCUT2D eigenvalue weighted by atomic mass is 16.4. The molecular weight excluding hydrogens is 380 g/mol. The summed E-state index contributed by atoms with van der Waals surface area (Å²) in [7, 11) is 1.75. The van der Waals surface area contributed by atoms with Crippen molar-refractivity contribution in [1.82, 2.24) is 4.98 Å². The SMILES string of the molecule is CC1C(=O)N(C)c2cnc(Nc3cccc(C(=O)O)c3)cc2N1Cc1ccccc1. The van der Waals surface area contributed by atoms with Crippen LogP contribution in [0.2, 0.25) is 0 Å². The third kappa shape index (κ3) is 3.69. The summed E-state index contributed by atoms with van der Waals surface area (Å²) < 4.78 is 0. The molecular formula is C23H22N4O3. The van der Waals surface area contributed by atoms with Crippen LogP contribution in [-0.4, -0.2) is 35.1 Å². The van der Waals surface area contributed by atoms with E-state index in [-0.39, 0.29) is 17.5 Å². The quantitative estimate of drug-likeness (QED) is 0.673. The number of hydrogen-bond donors (Lipinski definition) is 2. The zero-order valence-corrected chi connectivity index (χ0v) is 16.7. The molecule has 1 atom stereocenters. The number of aromatic nitrogens is 1. The maximum absolute atomic E-state index is 12.8. The number of carboxylic acids is 1. The molecule has 1 unspecified atom stereocenters. The van der Waals surface area contributed by atoms with Crippen molar-refractivity contribution in [2.75, 3.05) is 22.2 Å². The minimum atomic E-state index is -0.986.